The van der Waals surface area contributed by atoms with Gasteiger partial charge in [0.1, 0.15) is 0 Å². The number of nitrogens with one attached hydrogen (secondary N) is 1. The van der Waals surface area contributed by atoms with Gasteiger partial charge in [-0.3, -0.25) is 9.78 Å². The minimum absolute atomic E-state index is 0.0113. The van der Waals surface area contributed by atoms with Crippen molar-refractivity contribution in [2.45, 2.75) is 32.2 Å². The van der Waals surface area contributed by atoms with Gasteiger partial charge in [0, 0.05) is 40.8 Å². The first-order valence-electron chi connectivity index (χ1n) is 6.37. The number of hydrogen-bond donors (Lipinski definition) is 2. The van der Waals surface area contributed by atoms with E-state index in [1.165, 1.54) is 0 Å². The maximum atomic E-state index is 11.9. The SMILES string of the molecule is CC(C)(N)CCC(=O)Nc1cccc2cnccc12. The van der Waals surface area contributed by atoms with Crippen LogP contribution in [0, 0.1) is 0 Å². The molecule has 1 aromatic heterocycles. The monoisotopic (exact) mass is 257 g/mol. The second-order valence-electron chi connectivity index (χ2n) is 5.44. The Morgan fingerprint density at radius 1 is 1.37 bits per heavy atom. The standard InChI is InChI=1S/C15H19N3O/c1-15(2,16)8-6-14(19)18-13-5-3-4-11-10-17-9-7-12(11)13/h3-5,7,9-10H,6,8,16H2,1-2H3,(H,18,19). The zero-order valence-electron chi connectivity index (χ0n) is 11.3. The molecule has 0 fully saturated rings. The smallest absolute Gasteiger partial charge is 0.224 e. The fraction of sp³-hybridized carbons (Fsp3) is 0.333. The number of nitrogens with zero attached hydrogens (tertiary/aromatic N) is 1. The van der Waals surface area contributed by atoms with Crippen molar-refractivity contribution in [1.82, 2.24) is 4.98 Å². The van der Waals surface area contributed by atoms with Crippen molar-refractivity contribution in [3.8, 4) is 0 Å². The molecule has 0 radical (unpaired) electrons. The van der Waals surface area contributed by atoms with Crippen LogP contribution < -0.4 is 11.1 Å². The van der Waals surface area contributed by atoms with Gasteiger partial charge < -0.3 is 11.1 Å². The molecule has 0 spiro atoms. The average Bonchev–Trinajstić information content (AvgIpc) is 2.36. The Bertz CT molecular complexity index is 582. The molecule has 4 nitrogen and oxygen atoms in total. The summed E-state index contributed by atoms with van der Waals surface area (Å²) in [5.41, 5.74) is 6.38. The van der Waals surface area contributed by atoms with Crippen LogP contribution in [0.1, 0.15) is 26.7 Å². The maximum Gasteiger partial charge on any atom is 0.224 e. The number of carbonyl (C=O) groups excluding carboxylic acids is 1. The lowest BCUT2D eigenvalue weighted by Crippen LogP contribution is -2.33. The topological polar surface area (TPSA) is 68.0 Å². The highest BCUT2D eigenvalue weighted by molar-refractivity contribution is 6.01. The van der Waals surface area contributed by atoms with Gasteiger partial charge in [0.15, 0.2) is 0 Å². The van der Waals surface area contributed by atoms with Gasteiger partial charge in [0.2, 0.25) is 5.91 Å². The predicted molar refractivity (Wildman–Crippen MR) is 77.9 cm³/mol. The molecule has 1 aromatic carbocycles. The zero-order valence-corrected chi connectivity index (χ0v) is 11.3. The van der Waals surface area contributed by atoms with Gasteiger partial charge in [-0.25, -0.2) is 0 Å². The van der Waals surface area contributed by atoms with Crippen LogP contribution in [0.15, 0.2) is 36.7 Å². The second-order valence-corrected chi connectivity index (χ2v) is 5.44. The third-order valence-corrected chi connectivity index (χ3v) is 2.95. The molecule has 0 aliphatic rings. The Morgan fingerprint density at radius 2 is 2.16 bits per heavy atom. The normalized spacial score (nSPS) is 11.5. The van der Waals surface area contributed by atoms with Gasteiger partial charge in [0.25, 0.3) is 0 Å². The van der Waals surface area contributed by atoms with Crippen LogP contribution in [0.3, 0.4) is 0 Å². The minimum atomic E-state index is -0.319. The van der Waals surface area contributed by atoms with E-state index < -0.39 is 0 Å². The zero-order chi connectivity index (χ0) is 13.9. The summed E-state index contributed by atoms with van der Waals surface area (Å²) in [5, 5.41) is 4.95. The van der Waals surface area contributed by atoms with E-state index in [2.05, 4.69) is 10.3 Å². The van der Waals surface area contributed by atoms with E-state index in [1.807, 2.05) is 38.1 Å². The largest absolute Gasteiger partial charge is 0.326 e. The number of anilines is 1. The van der Waals surface area contributed by atoms with Crippen LogP contribution in [-0.2, 0) is 4.79 Å². The van der Waals surface area contributed by atoms with E-state index in [0.717, 1.165) is 16.5 Å². The lowest BCUT2D eigenvalue weighted by molar-refractivity contribution is -0.116. The molecule has 2 aromatic rings. The van der Waals surface area contributed by atoms with E-state index in [0.29, 0.717) is 12.8 Å². The highest BCUT2D eigenvalue weighted by Gasteiger charge is 2.13. The van der Waals surface area contributed by atoms with Crippen molar-refractivity contribution in [2.24, 2.45) is 5.73 Å². The molecular weight excluding hydrogens is 238 g/mol. The third-order valence-electron chi connectivity index (χ3n) is 2.95. The first-order valence-corrected chi connectivity index (χ1v) is 6.37. The van der Waals surface area contributed by atoms with Crippen molar-refractivity contribution in [3.63, 3.8) is 0 Å². The molecule has 3 N–H and O–H groups in total. The maximum absolute atomic E-state index is 11.9. The van der Waals surface area contributed by atoms with Crippen molar-refractivity contribution in [3.05, 3.63) is 36.7 Å². The number of benzene rings is 1. The van der Waals surface area contributed by atoms with Crippen LogP contribution in [-0.4, -0.2) is 16.4 Å². The van der Waals surface area contributed by atoms with Crippen LogP contribution >= 0.6 is 0 Å². The third kappa shape index (κ3) is 3.76. The fourth-order valence-corrected chi connectivity index (χ4v) is 1.88. The van der Waals surface area contributed by atoms with Crippen molar-refractivity contribution in [2.75, 3.05) is 5.32 Å². The molecule has 1 heterocycles. The van der Waals surface area contributed by atoms with E-state index in [9.17, 15) is 4.79 Å². The van der Waals surface area contributed by atoms with Crippen LogP contribution in [0.5, 0.6) is 0 Å². The lowest BCUT2D eigenvalue weighted by Gasteiger charge is -2.17. The van der Waals surface area contributed by atoms with Gasteiger partial charge in [0.05, 0.1) is 0 Å². The summed E-state index contributed by atoms with van der Waals surface area (Å²) < 4.78 is 0. The molecule has 2 rings (SSSR count). The summed E-state index contributed by atoms with van der Waals surface area (Å²) in [6.07, 6.45) is 4.59. The quantitative estimate of drug-likeness (QED) is 0.884. The first-order chi connectivity index (χ1) is 8.96. The van der Waals surface area contributed by atoms with Gasteiger partial charge in [-0.15, -0.1) is 0 Å². The lowest BCUT2D eigenvalue weighted by atomic mass is 10.00. The minimum Gasteiger partial charge on any atom is -0.326 e. The number of hydrogen-bond acceptors (Lipinski definition) is 3. The molecule has 0 saturated heterocycles. The molecule has 0 bridgehead atoms. The molecule has 19 heavy (non-hydrogen) atoms. The molecule has 1 amide bonds. The van der Waals surface area contributed by atoms with Crippen LogP contribution in [0.25, 0.3) is 10.8 Å². The Balaban J connectivity index is 2.11. The number of amides is 1. The van der Waals surface area contributed by atoms with Gasteiger partial charge in [-0.2, -0.15) is 0 Å². The van der Waals surface area contributed by atoms with Crippen molar-refractivity contribution in [1.29, 1.82) is 0 Å². The Labute approximate surface area is 113 Å². The number of pyridine rings is 1. The summed E-state index contributed by atoms with van der Waals surface area (Å²) in [6.45, 7) is 3.84. The van der Waals surface area contributed by atoms with E-state index in [4.69, 9.17) is 5.73 Å². The van der Waals surface area contributed by atoms with Crippen molar-refractivity contribution >= 4 is 22.4 Å². The highest BCUT2D eigenvalue weighted by atomic mass is 16.1. The number of carbonyl (C=O) groups is 1. The van der Waals surface area contributed by atoms with Crippen molar-refractivity contribution < 1.29 is 4.79 Å². The Kier molecular flexibility index (Phi) is 3.81. The van der Waals surface area contributed by atoms with Gasteiger partial charge in [-0.05, 0) is 32.4 Å². The number of aromatic nitrogens is 1. The van der Waals surface area contributed by atoms with Crippen LogP contribution in [0.2, 0.25) is 0 Å². The predicted octanol–water partition coefficient (Wildman–Crippen LogP) is 2.69. The second kappa shape index (κ2) is 5.36. The summed E-state index contributed by atoms with van der Waals surface area (Å²) in [7, 11) is 0. The van der Waals surface area contributed by atoms with Gasteiger partial charge >= 0.3 is 0 Å². The highest BCUT2D eigenvalue weighted by Crippen LogP contribution is 2.22. The first kappa shape index (κ1) is 13.5. The number of nitrogens with two attached hydrogens (primary N) is 1. The summed E-state index contributed by atoms with van der Waals surface area (Å²) in [5.74, 6) is -0.0113. The molecule has 0 unspecified atom stereocenters. The van der Waals surface area contributed by atoms with Gasteiger partial charge in [-0.1, -0.05) is 12.1 Å². The number of rotatable bonds is 4. The van der Waals surface area contributed by atoms with E-state index in [-0.39, 0.29) is 11.4 Å². The summed E-state index contributed by atoms with van der Waals surface area (Å²) in [6, 6.07) is 7.68. The average molecular weight is 257 g/mol. The number of fused-ring (bicyclic) bond motifs is 1. The molecule has 0 aliphatic heterocycles. The molecule has 0 aliphatic carbocycles. The Hall–Kier alpha value is -1.94. The van der Waals surface area contributed by atoms with Crippen LogP contribution in [0.4, 0.5) is 5.69 Å². The summed E-state index contributed by atoms with van der Waals surface area (Å²) >= 11 is 0. The van der Waals surface area contributed by atoms with E-state index >= 15 is 0 Å². The molecule has 0 atom stereocenters. The van der Waals surface area contributed by atoms with E-state index in [1.54, 1.807) is 12.4 Å². The fourth-order valence-electron chi connectivity index (χ4n) is 1.88. The summed E-state index contributed by atoms with van der Waals surface area (Å²) in [4.78, 5) is 16.0. The Morgan fingerprint density at radius 3 is 2.89 bits per heavy atom. The molecule has 4 heteroatoms. The molecule has 0 saturated carbocycles. The molecular formula is C15H19N3O. The molecule has 100 valence electrons.